The Morgan fingerprint density at radius 3 is 2.47 bits per heavy atom. The van der Waals surface area contributed by atoms with Crippen LogP contribution in [0.25, 0.3) is 0 Å². The molecule has 2 rings (SSSR count). The number of aromatic nitrogens is 1. The molecule has 1 aromatic rings. The number of carbonyl (C=O) groups excluding carboxylic acids is 1. The molecule has 0 bridgehead atoms. The summed E-state index contributed by atoms with van der Waals surface area (Å²) < 4.78 is 0. The van der Waals surface area contributed by atoms with E-state index in [4.69, 9.17) is 0 Å². The minimum atomic E-state index is 0.0694. The molecule has 17 heavy (non-hydrogen) atoms. The van der Waals surface area contributed by atoms with Gasteiger partial charge in [-0.25, -0.2) is 4.98 Å². The SMILES string of the molecule is CC(=O)c1ccc(N2CC(C)SC(C)C2)nc1. The average molecular weight is 250 g/mol. The fourth-order valence-electron chi connectivity index (χ4n) is 2.15. The fourth-order valence-corrected chi connectivity index (χ4v) is 3.47. The van der Waals surface area contributed by atoms with E-state index in [-0.39, 0.29) is 5.78 Å². The van der Waals surface area contributed by atoms with Crippen molar-refractivity contribution in [2.24, 2.45) is 0 Å². The molecule has 2 atom stereocenters. The van der Waals surface area contributed by atoms with Gasteiger partial charge in [0.15, 0.2) is 5.78 Å². The van der Waals surface area contributed by atoms with Crippen LogP contribution in [0, 0.1) is 0 Å². The summed E-state index contributed by atoms with van der Waals surface area (Å²) in [5.74, 6) is 1.05. The molecule has 1 aliphatic heterocycles. The summed E-state index contributed by atoms with van der Waals surface area (Å²) in [7, 11) is 0. The van der Waals surface area contributed by atoms with Crippen molar-refractivity contribution < 1.29 is 4.79 Å². The predicted octanol–water partition coefficient (Wildman–Crippen LogP) is 2.61. The van der Waals surface area contributed by atoms with Gasteiger partial charge in [-0.05, 0) is 19.1 Å². The number of anilines is 1. The first-order valence-corrected chi connectivity index (χ1v) is 6.88. The van der Waals surface area contributed by atoms with Gasteiger partial charge in [0.05, 0.1) is 0 Å². The Bertz CT molecular complexity index is 394. The Labute approximate surface area is 107 Å². The number of Topliss-reactive ketones (excluding diaryl/α,β-unsaturated/α-hetero) is 1. The normalized spacial score (nSPS) is 24.8. The van der Waals surface area contributed by atoms with Crippen LogP contribution in [0.3, 0.4) is 0 Å². The van der Waals surface area contributed by atoms with Crippen molar-refractivity contribution in [2.45, 2.75) is 31.3 Å². The maximum Gasteiger partial charge on any atom is 0.161 e. The second kappa shape index (κ2) is 5.08. The highest BCUT2D eigenvalue weighted by Crippen LogP contribution is 2.27. The standard InChI is InChI=1S/C13H18N2OS/c1-9-7-15(8-10(2)17-9)13-5-4-12(6-14-13)11(3)16/h4-6,9-10H,7-8H2,1-3H3. The van der Waals surface area contributed by atoms with Gasteiger partial charge in [-0.2, -0.15) is 11.8 Å². The zero-order valence-electron chi connectivity index (χ0n) is 10.5. The van der Waals surface area contributed by atoms with E-state index in [1.165, 1.54) is 0 Å². The van der Waals surface area contributed by atoms with Gasteiger partial charge in [-0.1, -0.05) is 13.8 Å². The van der Waals surface area contributed by atoms with E-state index in [9.17, 15) is 4.79 Å². The van der Waals surface area contributed by atoms with Gasteiger partial charge in [-0.3, -0.25) is 4.79 Å². The second-order valence-corrected chi connectivity index (χ2v) is 6.51. The summed E-state index contributed by atoms with van der Waals surface area (Å²) in [4.78, 5) is 17.9. The molecule has 2 heterocycles. The Morgan fingerprint density at radius 1 is 1.35 bits per heavy atom. The van der Waals surface area contributed by atoms with Crippen LogP contribution in [0.4, 0.5) is 5.82 Å². The van der Waals surface area contributed by atoms with Crippen LogP contribution in [0.15, 0.2) is 18.3 Å². The first-order valence-electron chi connectivity index (χ1n) is 5.93. The third-order valence-electron chi connectivity index (χ3n) is 2.90. The Kier molecular flexibility index (Phi) is 3.72. The molecule has 92 valence electrons. The van der Waals surface area contributed by atoms with E-state index in [1.807, 2.05) is 23.9 Å². The Hall–Kier alpha value is -1.03. The number of hydrogen-bond acceptors (Lipinski definition) is 4. The van der Waals surface area contributed by atoms with Gasteiger partial charge in [-0.15, -0.1) is 0 Å². The average Bonchev–Trinajstić information content (AvgIpc) is 2.28. The predicted molar refractivity (Wildman–Crippen MR) is 73.0 cm³/mol. The molecular weight excluding hydrogens is 232 g/mol. The smallest absolute Gasteiger partial charge is 0.161 e. The maximum absolute atomic E-state index is 11.2. The molecule has 0 radical (unpaired) electrons. The molecule has 1 fully saturated rings. The Morgan fingerprint density at radius 2 is 2.00 bits per heavy atom. The topological polar surface area (TPSA) is 33.2 Å². The molecule has 0 aromatic carbocycles. The van der Waals surface area contributed by atoms with Crippen molar-refractivity contribution >= 4 is 23.4 Å². The molecule has 0 N–H and O–H groups in total. The molecule has 3 nitrogen and oxygen atoms in total. The van der Waals surface area contributed by atoms with Crippen molar-refractivity contribution in [3.8, 4) is 0 Å². The zero-order chi connectivity index (χ0) is 12.4. The van der Waals surface area contributed by atoms with E-state index in [0.29, 0.717) is 16.1 Å². The van der Waals surface area contributed by atoms with E-state index < -0.39 is 0 Å². The number of carbonyl (C=O) groups is 1. The van der Waals surface area contributed by atoms with Gasteiger partial charge in [0.2, 0.25) is 0 Å². The van der Waals surface area contributed by atoms with E-state index in [2.05, 4.69) is 23.7 Å². The minimum Gasteiger partial charge on any atom is -0.354 e. The van der Waals surface area contributed by atoms with Crippen LogP contribution < -0.4 is 4.90 Å². The summed E-state index contributed by atoms with van der Waals surface area (Å²) in [5, 5.41) is 1.26. The molecule has 1 aliphatic rings. The lowest BCUT2D eigenvalue weighted by atomic mass is 10.2. The highest BCUT2D eigenvalue weighted by atomic mass is 32.2. The zero-order valence-corrected chi connectivity index (χ0v) is 11.3. The van der Waals surface area contributed by atoms with Gasteiger partial charge in [0.25, 0.3) is 0 Å². The van der Waals surface area contributed by atoms with Crippen LogP contribution >= 0.6 is 11.8 Å². The molecule has 0 spiro atoms. The minimum absolute atomic E-state index is 0.0694. The number of pyridine rings is 1. The monoisotopic (exact) mass is 250 g/mol. The number of rotatable bonds is 2. The third-order valence-corrected chi connectivity index (χ3v) is 4.13. The van der Waals surface area contributed by atoms with Crippen LogP contribution in [-0.4, -0.2) is 34.4 Å². The molecule has 0 amide bonds. The van der Waals surface area contributed by atoms with Crippen molar-refractivity contribution in [3.05, 3.63) is 23.9 Å². The van der Waals surface area contributed by atoms with Gasteiger partial charge in [0, 0.05) is 35.3 Å². The number of nitrogens with zero attached hydrogens (tertiary/aromatic N) is 2. The quantitative estimate of drug-likeness (QED) is 0.755. The van der Waals surface area contributed by atoms with Gasteiger partial charge in [0.1, 0.15) is 5.82 Å². The molecular formula is C13H18N2OS. The lowest BCUT2D eigenvalue weighted by Gasteiger charge is -2.35. The molecule has 4 heteroatoms. The van der Waals surface area contributed by atoms with E-state index >= 15 is 0 Å². The van der Waals surface area contributed by atoms with Crippen molar-refractivity contribution in [1.82, 2.24) is 4.98 Å². The highest BCUT2D eigenvalue weighted by molar-refractivity contribution is 8.00. The van der Waals surface area contributed by atoms with Crippen LogP contribution in [0.1, 0.15) is 31.1 Å². The molecule has 1 saturated heterocycles. The number of thioether (sulfide) groups is 1. The first-order chi connectivity index (χ1) is 8.06. The number of hydrogen-bond donors (Lipinski definition) is 0. The summed E-state index contributed by atoms with van der Waals surface area (Å²) >= 11 is 2.02. The fraction of sp³-hybridized carbons (Fsp3) is 0.538. The Balaban J connectivity index is 2.14. The van der Waals surface area contributed by atoms with Crippen molar-refractivity contribution in [2.75, 3.05) is 18.0 Å². The molecule has 2 unspecified atom stereocenters. The summed E-state index contributed by atoms with van der Waals surface area (Å²) in [6, 6.07) is 3.81. The van der Waals surface area contributed by atoms with Crippen LogP contribution in [0.2, 0.25) is 0 Å². The highest BCUT2D eigenvalue weighted by Gasteiger charge is 2.23. The van der Waals surface area contributed by atoms with Crippen molar-refractivity contribution in [3.63, 3.8) is 0 Å². The summed E-state index contributed by atoms with van der Waals surface area (Å²) in [6.07, 6.45) is 1.68. The van der Waals surface area contributed by atoms with Crippen LogP contribution in [-0.2, 0) is 0 Å². The lowest BCUT2D eigenvalue weighted by Crippen LogP contribution is -2.40. The van der Waals surface area contributed by atoms with Crippen LogP contribution in [0.5, 0.6) is 0 Å². The molecule has 1 aromatic heterocycles. The second-order valence-electron chi connectivity index (χ2n) is 4.62. The third kappa shape index (κ3) is 3.00. The first kappa shape index (κ1) is 12.4. The summed E-state index contributed by atoms with van der Waals surface area (Å²) in [6.45, 7) is 8.12. The summed E-state index contributed by atoms with van der Waals surface area (Å²) in [5.41, 5.74) is 0.682. The maximum atomic E-state index is 11.2. The van der Waals surface area contributed by atoms with E-state index in [1.54, 1.807) is 13.1 Å². The molecule has 0 saturated carbocycles. The van der Waals surface area contributed by atoms with Gasteiger partial charge < -0.3 is 4.90 Å². The molecule has 0 aliphatic carbocycles. The van der Waals surface area contributed by atoms with Gasteiger partial charge >= 0.3 is 0 Å². The van der Waals surface area contributed by atoms with E-state index in [0.717, 1.165) is 18.9 Å². The van der Waals surface area contributed by atoms with Crippen molar-refractivity contribution in [1.29, 1.82) is 0 Å². The largest absolute Gasteiger partial charge is 0.354 e. The lowest BCUT2D eigenvalue weighted by molar-refractivity contribution is 0.101. The number of ketones is 1.